The van der Waals surface area contributed by atoms with Crippen LogP contribution in [-0.4, -0.2) is 8.42 Å². The summed E-state index contributed by atoms with van der Waals surface area (Å²) in [7, 11) is -4.10. The Morgan fingerprint density at radius 3 is 2.48 bits per heavy atom. The molecule has 0 atom stereocenters. The van der Waals surface area contributed by atoms with E-state index in [0.717, 1.165) is 36.4 Å². The van der Waals surface area contributed by atoms with Crippen molar-refractivity contribution in [3.63, 3.8) is 0 Å². The summed E-state index contributed by atoms with van der Waals surface area (Å²) < 4.78 is 52.7. The van der Waals surface area contributed by atoms with Crippen molar-refractivity contribution >= 4 is 21.4 Å². The third-order valence-corrected chi connectivity index (χ3v) is 3.90. The number of nitrogens with zero attached hydrogens (tertiary/aromatic N) is 1. The molecular formula is C13H9F2N3O2S. The summed E-state index contributed by atoms with van der Waals surface area (Å²) in [6, 6.07) is 7.59. The first-order valence-corrected chi connectivity index (χ1v) is 7.09. The molecule has 0 saturated carbocycles. The van der Waals surface area contributed by atoms with E-state index in [4.69, 9.17) is 11.0 Å². The van der Waals surface area contributed by atoms with Crippen molar-refractivity contribution in [2.45, 2.75) is 4.90 Å². The minimum atomic E-state index is -4.10. The van der Waals surface area contributed by atoms with E-state index >= 15 is 0 Å². The Morgan fingerprint density at radius 1 is 1.14 bits per heavy atom. The highest BCUT2D eigenvalue weighted by atomic mass is 32.2. The Labute approximate surface area is 119 Å². The van der Waals surface area contributed by atoms with Crippen LogP contribution < -0.4 is 10.5 Å². The number of hydrogen-bond acceptors (Lipinski definition) is 4. The van der Waals surface area contributed by atoms with Gasteiger partial charge in [-0.15, -0.1) is 0 Å². The lowest BCUT2D eigenvalue weighted by atomic mass is 10.2. The number of rotatable bonds is 3. The van der Waals surface area contributed by atoms with Crippen LogP contribution in [-0.2, 0) is 10.0 Å². The second-order valence-corrected chi connectivity index (χ2v) is 5.81. The quantitative estimate of drug-likeness (QED) is 0.850. The van der Waals surface area contributed by atoms with Crippen molar-refractivity contribution < 1.29 is 17.2 Å². The standard InChI is InChI=1S/C13H9F2N3O2S/c14-9-4-10(17)6-12(5-9)21(19,20)18-11-1-2-13(15)8(3-11)7-16/h1-6,18H,17H2. The molecule has 0 fully saturated rings. The number of nitrogens with one attached hydrogen (secondary N) is 1. The number of nitrogen functional groups attached to an aromatic ring is 1. The van der Waals surface area contributed by atoms with Crippen LogP contribution in [0.3, 0.4) is 0 Å². The number of nitrogens with two attached hydrogens (primary N) is 1. The van der Waals surface area contributed by atoms with Gasteiger partial charge in [0.25, 0.3) is 10.0 Å². The zero-order valence-corrected chi connectivity index (χ0v) is 11.3. The number of nitriles is 1. The lowest BCUT2D eigenvalue weighted by Crippen LogP contribution is -2.13. The summed E-state index contributed by atoms with van der Waals surface area (Å²) in [5.41, 5.74) is 5.01. The van der Waals surface area contributed by atoms with Crippen LogP contribution in [0, 0.1) is 23.0 Å². The zero-order valence-electron chi connectivity index (χ0n) is 10.5. The first kappa shape index (κ1) is 14.7. The molecule has 0 aliphatic heterocycles. The molecule has 2 rings (SSSR count). The number of halogens is 2. The molecule has 0 aliphatic rings. The highest BCUT2D eigenvalue weighted by Gasteiger charge is 2.16. The van der Waals surface area contributed by atoms with E-state index < -0.39 is 21.7 Å². The fourth-order valence-electron chi connectivity index (χ4n) is 1.63. The lowest BCUT2D eigenvalue weighted by Gasteiger charge is -2.09. The molecule has 0 unspecified atom stereocenters. The predicted molar refractivity (Wildman–Crippen MR) is 72.7 cm³/mol. The van der Waals surface area contributed by atoms with E-state index in [1.807, 2.05) is 0 Å². The van der Waals surface area contributed by atoms with Crippen molar-refractivity contribution in [2.24, 2.45) is 0 Å². The van der Waals surface area contributed by atoms with Gasteiger partial charge in [0.2, 0.25) is 0 Å². The van der Waals surface area contributed by atoms with Crippen LogP contribution in [0.2, 0.25) is 0 Å². The van der Waals surface area contributed by atoms with E-state index in [-0.39, 0.29) is 21.8 Å². The molecule has 21 heavy (non-hydrogen) atoms. The summed E-state index contributed by atoms with van der Waals surface area (Å²) in [6.45, 7) is 0. The Morgan fingerprint density at radius 2 is 1.86 bits per heavy atom. The molecule has 8 heteroatoms. The van der Waals surface area contributed by atoms with Gasteiger partial charge in [0.05, 0.1) is 16.1 Å². The first-order chi connectivity index (χ1) is 9.81. The van der Waals surface area contributed by atoms with E-state index in [9.17, 15) is 17.2 Å². The van der Waals surface area contributed by atoms with Crippen LogP contribution in [0.25, 0.3) is 0 Å². The maximum Gasteiger partial charge on any atom is 0.262 e. The molecule has 108 valence electrons. The van der Waals surface area contributed by atoms with E-state index in [2.05, 4.69) is 4.72 Å². The van der Waals surface area contributed by atoms with Gasteiger partial charge in [0.1, 0.15) is 17.7 Å². The molecule has 0 radical (unpaired) electrons. The number of hydrogen-bond donors (Lipinski definition) is 2. The van der Waals surface area contributed by atoms with E-state index in [0.29, 0.717) is 0 Å². The second kappa shape index (κ2) is 5.38. The monoisotopic (exact) mass is 309 g/mol. The molecule has 3 N–H and O–H groups in total. The number of benzene rings is 2. The van der Waals surface area contributed by atoms with Crippen LogP contribution >= 0.6 is 0 Å². The fourth-order valence-corrected chi connectivity index (χ4v) is 2.74. The predicted octanol–water partition coefficient (Wildman–Crippen LogP) is 2.22. The molecule has 0 aromatic heterocycles. The van der Waals surface area contributed by atoms with Gasteiger partial charge in [-0.3, -0.25) is 4.72 Å². The normalized spacial score (nSPS) is 10.9. The first-order valence-electron chi connectivity index (χ1n) is 5.60. The molecule has 0 bridgehead atoms. The molecule has 0 heterocycles. The number of anilines is 2. The Kier molecular flexibility index (Phi) is 3.78. The highest BCUT2D eigenvalue weighted by molar-refractivity contribution is 7.92. The summed E-state index contributed by atoms with van der Waals surface area (Å²) >= 11 is 0. The van der Waals surface area contributed by atoms with Gasteiger partial charge in [-0.25, -0.2) is 17.2 Å². The SMILES string of the molecule is N#Cc1cc(NS(=O)(=O)c2cc(N)cc(F)c2)ccc1F. The minimum Gasteiger partial charge on any atom is -0.399 e. The summed E-state index contributed by atoms with van der Waals surface area (Å²) in [4.78, 5) is -0.372. The summed E-state index contributed by atoms with van der Waals surface area (Å²) in [6.07, 6.45) is 0. The van der Waals surface area contributed by atoms with Gasteiger partial charge in [-0.2, -0.15) is 5.26 Å². The molecule has 0 saturated heterocycles. The molecule has 2 aromatic rings. The maximum absolute atomic E-state index is 13.2. The average Bonchev–Trinajstić information content (AvgIpc) is 2.39. The highest BCUT2D eigenvalue weighted by Crippen LogP contribution is 2.21. The Hall–Kier alpha value is -2.66. The zero-order chi connectivity index (χ0) is 15.6. The molecule has 0 amide bonds. The lowest BCUT2D eigenvalue weighted by molar-refractivity contribution is 0.595. The van der Waals surface area contributed by atoms with Gasteiger partial charge in [0.15, 0.2) is 0 Å². The summed E-state index contributed by atoms with van der Waals surface area (Å²) in [5.74, 6) is -1.57. The van der Waals surface area contributed by atoms with Gasteiger partial charge in [-0.1, -0.05) is 0 Å². The van der Waals surface area contributed by atoms with Crippen molar-refractivity contribution in [1.82, 2.24) is 0 Å². The Bertz CT molecular complexity index is 825. The molecular weight excluding hydrogens is 300 g/mol. The smallest absolute Gasteiger partial charge is 0.262 e. The molecule has 0 aliphatic carbocycles. The second-order valence-electron chi connectivity index (χ2n) is 4.13. The largest absolute Gasteiger partial charge is 0.399 e. The molecule has 0 spiro atoms. The van der Waals surface area contributed by atoms with Crippen LogP contribution in [0.1, 0.15) is 5.56 Å². The average molecular weight is 309 g/mol. The van der Waals surface area contributed by atoms with Crippen molar-refractivity contribution in [3.05, 3.63) is 53.6 Å². The van der Waals surface area contributed by atoms with Crippen molar-refractivity contribution in [2.75, 3.05) is 10.5 Å². The maximum atomic E-state index is 13.2. The van der Waals surface area contributed by atoms with Crippen LogP contribution in [0.4, 0.5) is 20.2 Å². The number of sulfonamides is 1. The van der Waals surface area contributed by atoms with Crippen molar-refractivity contribution in [3.8, 4) is 6.07 Å². The van der Waals surface area contributed by atoms with Crippen LogP contribution in [0.15, 0.2) is 41.3 Å². The van der Waals surface area contributed by atoms with Gasteiger partial charge >= 0.3 is 0 Å². The fraction of sp³-hybridized carbons (Fsp3) is 0. The van der Waals surface area contributed by atoms with Gasteiger partial charge in [0, 0.05) is 5.69 Å². The minimum absolute atomic E-state index is 0.0178. The molecule has 5 nitrogen and oxygen atoms in total. The van der Waals surface area contributed by atoms with E-state index in [1.165, 1.54) is 0 Å². The topological polar surface area (TPSA) is 96.0 Å². The van der Waals surface area contributed by atoms with Crippen LogP contribution in [0.5, 0.6) is 0 Å². The third kappa shape index (κ3) is 3.27. The van der Waals surface area contributed by atoms with E-state index in [1.54, 1.807) is 6.07 Å². The van der Waals surface area contributed by atoms with Gasteiger partial charge in [-0.05, 0) is 36.4 Å². The van der Waals surface area contributed by atoms with Crippen molar-refractivity contribution in [1.29, 1.82) is 5.26 Å². The Balaban J connectivity index is 2.40. The molecule has 2 aromatic carbocycles. The van der Waals surface area contributed by atoms with Gasteiger partial charge < -0.3 is 5.73 Å². The third-order valence-electron chi connectivity index (χ3n) is 2.54. The summed E-state index contributed by atoms with van der Waals surface area (Å²) in [5, 5.41) is 8.70.